The van der Waals surface area contributed by atoms with Gasteiger partial charge in [0.15, 0.2) is 0 Å². The summed E-state index contributed by atoms with van der Waals surface area (Å²) in [5, 5.41) is 14.7. The Morgan fingerprint density at radius 1 is 1.22 bits per heavy atom. The van der Waals surface area contributed by atoms with Crippen LogP contribution in [0, 0.1) is 5.92 Å². The Morgan fingerprint density at radius 2 is 2.00 bits per heavy atom. The smallest absolute Gasteiger partial charge is 0.303 e. The summed E-state index contributed by atoms with van der Waals surface area (Å²) in [6.07, 6.45) is 5.88. The van der Waals surface area contributed by atoms with Gasteiger partial charge >= 0.3 is 5.97 Å². The van der Waals surface area contributed by atoms with Gasteiger partial charge in [0.2, 0.25) is 5.91 Å². The Bertz CT molecular complexity index is 263. The molecule has 0 bridgehead atoms. The van der Waals surface area contributed by atoms with E-state index in [9.17, 15) is 9.59 Å². The molecule has 1 aliphatic rings. The highest BCUT2D eigenvalue weighted by molar-refractivity contribution is 5.78. The molecule has 0 radical (unpaired) electrons. The number of piperidine rings is 1. The van der Waals surface area contributed by atoms with Crippen LogP contribution in [0.5, 0.6) is 0 Å². The summed E-state index contributed by atoms with van der Waals surface area (Å²) in [7, 11) is 0. The van der Waals surface area contributed by atoms with Crippen molar-refractivity contribution in [1.82, 2.24) is 10.6 Å². The van der Waals surface area contributed by atoms with Gasteiger partial charge < -0.3 is 15.7 Å². The third kappa shape index (κ3) is 6.59. The first-order valence-corrected chi connectivity index (χ1v) is 6.90. The van der Waals surface area contributed by atoms with E-state index in [0.29, 0.717) is 6.54 Å². The molecule has 1 atom stereocenters. The molecule has 5 nitrogen and oxygen atoms in total. The van der Waals surface area contributed by atoms with Crippen molar-refractivity contribution < 1.29 is 14.7 Å². The molecule has 0 unspecified atom stereocenters. The van der Waals surface area contributed by atoms with E-state index < -0.39 is 5.97 Å². The van der Waals surface area contributed by atoms with Gasteiger partial charge in [0.05, 0.1) is 5.92 Å². The third-order valence-corrected chi connectivity index (χ3v) is 3.28. The third-order valence-electron chi connectivity index (χ3n) is 3.28. The van der Waals surface area contributed by atoms with Gasteiger partial charge in [-0.25, -0.2) is 0 Å². The number of carboxylic acids is 1. The highest BCUT2D eigenvalue weighted by Crippen LogP contribution is 2.09. The number of hydrogen-bond donors (Lipinski definition) is 3. The maximum Gasteiger partial charge on any atom is 0.303 e. The molecule has 0 aromatic heterocycles. The quantitative estimate of drug-likeness (QED) is 0.569. The Morgan fingerprint density at radius 3 is 2.67 bits per heavy atom. The number of nitrogens with one attached hydrogen (secondary N) is 2. The van der Waals surface area contributed by atoms with Crippen LogP contribution in [0.15, 0.2) is 0 Å². The molecule has 5 heteroatoms. The lowest BCUT2D eigenvalue weighted by Crippen LogP contribution is -2.40. The van der Waals surface area contributed by atoms with Crippen LogP contribution in [-0.4, -0.2) is 36.6 Å². The van der Waals surface area contributed by atoms with Crippen molar-refractivity contribution in [2.24, 2.45) is 5.92 Å². The van der Waals surface area contributed by atoms with Gasteiger partial charge in [-0.1, -0.05) is 12.8 Å². The first kappa shape index (κ1) is 15.0. The van der Waals surface area contributed by atoms with Crippen molar-refractivity contribution in [2.75, 3.05) is 19.6 Å². The molecule has 1 fully saturated rings. The standard InChI is InChI=1S/C13H24N2O3/c16-12(17)7-3-1-2-4-9-15-13(18)11-6-5-8-14-10-11/h11,14H,1-10H2,(H,15,18)(H,16,17)/t11-/m1/s1. The second-order valence-electron chi connectivity index (χ2n) is 4.89. The molecule has 1 rings (SSSR count). The van der Waals surface area contributed by atoms with Crippen LogP contribution in [0.4, 0.5) is 0 Å². The fraction of sp³-hybridized carbons (Fsp3) is 0.846. The highest BCUT2D eigenvalue weighted by Gasteiger charge is 2.19. The Labute approximate surface area is 108 Å². The summed E-state index contributed by atoms with van der Waals surface area (Å²) in [5.74, 6) is -0.438. The lowest BCUT2D eigenvalue weighted by Gasteiger charge is -2.21. The first-order chi connectivity index (χ1) is 8.70. The molecule has 0 spiro atoms. The molecule has 1 heterocycles. The van der Waals surface area contributed by atoms with Crippen LogP contribution in [0.3, 0.4) is 0 Å². The summed E-state index contributed by atoms with van der Waals surface area (Å²) in [6, 6.07) is 0. The van der Waals surface area contributed by atoms with Crippen molar-refractivity contribution in [2.45, 2.75) is 44.9 Å². The number of unbranched alkanes of at least 4 members (excludes halogenated alkanes) is 3. The minimum Gasteiger partial charge on any atom is -0.481 e. The number of amides is 1. The summed E-state index contributed by atoms with van der Waals surface area (Å²) < 4.78 is 0. The number of carbonyl (C=O) groups excluding carboxylic acids is 1. The van der Waals surface area contributed by atoms with Crippen LogP contribution < -0.4 is 10.6 Å². The van der Waals surface area contributed by atoms with E-state index in [1.807, 2.05) is 0 Å². The van der Waals surface area contributed by atoms with Crippen molar-refractivity contribution in [3.05, 3.63) is 0 Å². The Hall–Kier alpha value is -1.10. The minimum atomic E-state index is -0.729. The number of carbonyl (C=O) groups is 2. The van der Waals surface area contributed by atoms with Crippen LogP contribution >= 0.6 is 0 Å². The van der Waals surface area contributed by atoms with E-state index in [-0.39, 0.29) is 18.2 Å². The topological polar surface area (TPSA) is 78.4 Å². The second-order valence-corrected chi connectivity index (χ2v) is 4.89. The largest absolute Gasteiger partial charge is 0.481 e. The van der Waals surface area contributed by atoms with Gasteiger partial charge in [-0.05, 0) is 32.2 Å². The van der Waals surface area contributed by atoms with Crippen LogP contribution in [0.1, 0.15) is 44.9 Å². The van der Waals surface area contributed by atoms with Crippen molar-refractivity contribution in [1.29, 1.82) is 0 Å². The van der Waals surface area contributed by atoms with Gasteiger partial charge in [0, 0.05) is 19.5 Å². The fourth-order valence-electron chi connectivity index (χ4n) is 2.19. The lowest BCUT2D eigenvalue weighted by molar-refractivity contribution is -0.137. The molecular weight excluding hydrogens is 232 g/mol. The number of carboxylic acid groups (broad SMARTS) is 1. The van der Waals surface area contributed by atoms with E-state index in [4.69, 9.17) is 5.11 Å². The van der Waals surface area contributed by atoms with Crippen molar-refractivity contribution in [3.8, 4) is 0 Å². The molecule has 3 N–H and O–H groups in total. The van der Waals surface area contributed by atoms with E-state index in [1.165, 1.54) is 0 Å². The van der Waals surface area contributed by atoms with Crippen molar-refractivity contribution in [3.63, 3.8) is 0 Å². The minimum absolute atomic E-state index is 0.130. The zero-order chi connectivity index (χ0) is 13.2. The SMILES string of the molecule is O=C(O)CCCCCCNC(=O)[C@@H]1CCCNC1. The lowest BCUT2D eigenvalue weighted by atomic mass is 9.99. The molecule has 0 aliphatic carbocycles. The Balaban J connectivity index is 1.93. The van der Waals surface area contributed by atoms with Gasteiger partial charge in [-0.3, -0.25) is 9.59 Å². The van der Waals surface area contributed by atoms with Crippen molar-refractivity contribution >= 4 is 11.9 Å². The van der Waals surface area contributed by atoms with Gasteiger partial charge in [0.25, 0.3) is 0 Å². The monoisotopic (exact) mass is 256 g/mol. The number of aliphatic carboxylic acids is 1. The summed E-state index contributed by atoms with van der Waals surface area (Å²) in [5.41, 5.74) is 0. The van der Waals surface area contributed by atoms with E-state index in [1.54, 1.807) is 0 Å². The molecule has 1 aliphatic heterocycles. The Kier molecular flexibility index (Phi) is 7.41. The normalized spacial score (nSPS) is 19.4. The molecule has 18 heavy (non-hydrogen) atoms. The summed E-state index contributed by atoms with van der Waals surface area (Å²) >= 11 is 0. The van der Waals surface area contributed by atoms with Crippen LogP contribution in [-0.2, 0) is 9.59 Å². The number of rotatable bonds is 8. The zero-order valence-electron chi connectivity index (χ0n) is 10.9. The van der Waals surface area contributed by atoms with E-state index in [2.05, 4.69) is 10.6 Å². The predicted octanol–water partition coefficient (Wildman–Crippen LogP) is 1.14. The maximum atomic E-state index is 11.7. The first-order valence-electron chi connectivity index (χ1n) is 6.90. The van der Waals surface area contributed by atoms with E-state index >= 15 is 0 Å². The maximum absolute atomic E-state index is 11.7. The molecule has 0 aromatic rings. The molecule has 104 valence electrons. The molecule has 1 saturated heterocycles. The summed E-state index contributed by atoms with van der Waals surface area (Å²) in [4.78, 5) is 22.0. The van der Waals surface area contributed by atoms with Gasteiger partial charge in [0.1, 0.15) is 0 Å². The average molecular weight is 256 g/mol. The molecule has 0 saturated carbocycles. The number of hydrogen-bond acceptors (Lipinski definition) is 3. The predicted molar refractivity (Wildman–Crippen MR) is 69.3 cm³/mol. The summed E-state index contributed by atoms with van der Waals surface area (Å²) in [6.45, 7) is 2.53. The molecule has 1 amide bonds. The fourth-order valence-corrected chi connectivity index (χ4v) is 2.19. The molecule has 0 aromatic carbocycles. The second kappa shape index (κ2) is 8.91. The van der Waals surface area contributed by atoms with Gasteiger partial charge in [-0.2, -0.15) is 0 Å². The van der Waals surface area contributed by atoms with Crippen LogP contribution in [0.2, 0.25) is 0 Å². The van der Waals surface area contributed by atoms with Crippen LogP contribution in [0.25, 0.3) is 0 Å². The van der Waals surface area contributed by atoms with Gasteiger partial charge in [-0.15, -0.1) is 0 Å². The zero-order valence-corrected chi connectivity index (χ0v) is 10.9. The highest BCUT2D eigenvalue weighted by atomic mass is 16.4. The molecular formula is C13H24N2O3. The van der Waals surface area contributed by atoms with E-state index in [0.717, 1.165) is 51.6 Å². The average Bonchev–Trinajstić information content (AvgIpc) is 2.38.